The van der Waals surface area contributed by atoms with Gasteiger partial charge in [-0.25, -0.2) is 4.98 Å². The van der Waals surface area contributed by atoms with Crippen molar-refractivity contribution in [2.75, 3.05) is 26.2 Å². The highest BCUT2D eigenvalue weighted by molar-refractivity contribution is 5.93. The van der Waals surface area contributed by atoms with Gasteiger partial charge in [0.05, 0.1) is 35.5 Å². The Labute approximate surface area is 175 Å². The Bertz CT molecular complexity index is 1030. The first-order valence-electron chi connectivity index (χ1n) is 11.0. The van der Waals surface area contributed by atoms with Gasteiger partial charge >= 0.3 is 0 Å². The number of carbonyl (C=O) groups is 2. The number of fused-ring (bicyclic) bond motifs is 2. The molecule has 4 aliphatic heterocycles. The summed E-state index contributed by atoms with van der Waals surface area (Å²) in [7, 11) is 0. The maximum absolute atomic E-state index is 13.6. The Morgan fingerprint density at radius 3 is 3.07 bits per heavy atom. The van der Waals surface area contributed by atoms with E-state index in [2.05, 4.69) is 4.98 Å². The van der Waals surface area contributed by atoms with E-state index in [1.54, 1.807) is 0 Å². The van der Waals surface area contributed by atoms with E-state index in [1.807, 2.05) is 53.1 Å². The van der Waals surface area contributed by atoms with Crippen molar-refractivity contribution in [1.82, 2.24) is 19.8 Å². The molecule has 2 aromatic rings. The van der Waals surface area contributed by atoms with Gasteiger partial charge in [0.15, 0.2) is 0 Å². The fourth-order valence-corrected chi connectivity index (χ4v) is 5.91. The number of likely N-dealkylation sites (N-methyl/N-ethyl adjacent to an activating group) is 1. The minimum atomic E-state index is -0.605. The predicted molar refractivity (Wildman–Crippen MR) is 111 cm³/mol. The standard InChI is InChI=1S/C23H26N4O3/c1-2-26-13-23-10-9-17(30-23)18(19(23)22(26)29)21(28)27-11-5-6-14(12-27)20-24-15-7-3-4-8-16(15)25-20/h3-4,7-10,14,17-19H,2,5-6,11-13H2,1H3,(H,24,25)/t14-,17+,18-,19+,23+/m0/s1. The summed E-state index contributed by atoms with van der Waals surface area (Å²) in [5.41, 5.74) is 1.38. The van der Waals surface area contributed by atoms with Gasteiger partial charge in [-0.2, -0.15) is 0 Å². The molecule has 6 rings (SSSR count). The number of H-pyrrole nitrogens is 1. The Balaban J connectivity index is 1.25. The van der Waals surface area contributed by atoms with Gasteiger partial charge in [0.2, 0.25) is 11.8 Å². The van der Waals surface area contributed by atoms with Crippen LogP contribution < -0.4 is 0 Å². The second-order valence-corrected chi connectivity index (χ2v) is 9.02. The highest BCUT2D eigenvalue weighted by atomic mass is 16.5. The minimum Gasteiger partial charge on any atom is -0.360 e. The smallest absolute Gasteiger partial charge is 0.230 e. The van der Waals surface area contributed by atoms with Gasteiger partial charge in [-0.3, -0.25) is 9.59 Å². The third-order valence-corrected chi connectivity index (χ3v) is 7.37. The molecular weight excluding hydrogens is 380 g/mol. The molecule has 0 saturated carbocycles. The van der Waals surface area contributed by atoms with Gasteiger partial charge in [0, 0.05) is 25.6 Å². The van der Waals surface area contributed by atoms with E-state index in [4.69, 9.17) is 9.72 Å². The number of benzene rings is 1. The van der Waals surface area contributed by atoms with Gasteiger partial charge < -0.3 is 19.5 Å². The average Bonchev–Trinajstić information content (AvgIpc) is 3.52. The number of nitrogens with zero attached hydrogens (tertiary/aromatic N) is 3. The number of piperidine rings is 1. The molecule has 1 spiro atoms. The summed E-state index contributed by atoms with van der Waals surface area (Å²) in [5.74, 6) is 0.464. The highest BCUT2D eigenvalue weighted by Crippen LogP contribution is 2.52. The number of rotatable bonds is 3. The lowest BCUT2D eigenvalue weighted by Crippen LogP contribution is -2.48. The van der Waals surface area contributed by atoms with Crippen molar-refractivity contribution in [3.05, 3.63) is 42.2 Å². The molecular formula is C23H26N4O3. The van der Waals surface area contributed by atoms with Crippen molar-refractivity contribution in [3.63, 3.8) is 0 Å². The highest BCUT2D eigenvalue weighted by Gasteiger charge is 2.67. The van der Waals surface area contributed by atoms with Crippen LogP contribution in [-0.2, 0) is 14.3 Å². The molecule has 0 unspecified atom stereocenters. The molecule has 4 aliphatic rings. The van der Waals surface area contributed by atoms with Crippen LogP contribution in [0, 0.1) is 11.8 Å². The molecule has 2 bridgehead atoms. The third kappa shape index (κ3) is 2.44. The summed E-state index contributed by atoms with van der Waals surface area (Å²) in [6.07, 6.45) is 5.67. The van der Waals surface area contributed by atoms with Crippen molar-refractivity contribution >= 4 is 22.8 Å². The lowest BCUT2D eigenvalue weighted by Gasteiger charge is -2.35. The number of imidazole rings is 1. The van der Waals surface area contributed by atoms with Gasteiger partial charge in [-0.1, -0.05) is 24.3 Å². The van der Waals surface area contributed by atoms with Gasteiger partial charge in [0.1, 0.15) is 11.4 Å². The molecule has 1 aromatic heterocycles. The van der Waals surface area contributed by atoms with Crippen LogP contribution >= 0.6 is 0 Å². The monoisotopic (exact) mass is 406 g/mol. The Morgan fingerprint density at radius 2 is 2.23 bits per heavy atom. The van der Waals surface area contributed by atoms with Gasteiger partial charge in [0.25, 0.3) is 0 Å². The number of aromatic nitrogens is 2. The largest absolute Gasteiger partial charge is 0.360 e. The van der Waals surface area contributed by atoms with Crippen LogP contribution in [0.4, 0.5) is 0 Å². The van der Waals surface area contributed by atoms with Gasteiger partial charge in [-0.05, 0) is 31.9 Å². The zero-order valence-electron chi connectivity index (χ0n) is 17.1. The molecule has 1 aromatic carbocycles. The summed E-state index contributed by atoms with van der Waals surface area (Å²) in [6, 6.07) is 8.02. The first kappa shape index (κ1) is 18.1. The zero-order chi connectivity index (χ0) is 20.5. The lowest BCUT2D eigenvalue weighted by molar-refractivity contribution is -0.144. The van der Waals surface area contributed by atoms with Crippen LogP contribution in [0.3, 0.4) is 0 Å². The van der Waals surface area contributed by atoms with Crippen molar-refractivity contribution < 1.29 is 14.3 Å². The van der Waals surface area contributed by atoms with Crippen LogP contribution in [0.2, 0.25) is 0 Å². The topological polar surface area (TPSA) is 78.5 Å². The number of hydrogen-bond acceptors (Lipinski definition) is 4. The van der Waals surface area contributed by atoms with Crippen molar-refractivity contribution in [3.8, 4) is 0 Å². The number of nitrogens with one attached hydrogen (secondary N) is 1. The molecule has 3 fully saturated rings. The van der Waals surface area contributed by atoms with Crippen molar-refractivity contribution in [2.24, 2.45) is 11.8 Å². The van der Waals surface area contributed by atoms with E-state index in [0.29, 0.717) is 19.6 Å². The predicted octanol–water partition coefficient (Wildman–Crippen LogP) is 2.07. The number of carbonyl (C=O) groups excluding carboxylic acids is 2. The Morgan fingerprint density at radius 1 is 1.37 bits per heavy atom. The van der Waals surface area contributed by atoms with E-state index >= 15 is 0 Å². The van der Waals surface area contributed by atoms with Crippen molar-refractivity contribution in [2.45, 2.75) is 37.4 Å². The number of ether oxygens (including phenoxy) is 1. The molecule has 7 nitrogen and oxygen atoms in total. The third-order valence-electron chi connectivity index (χ3n) is 7.37. The number of amides is 2. The normalized spacial score (nSPS) is 34.9. The molecule has 3 saturated heterocycles. The molecule has 7 heteroatoms. The van der Waals surface area contributed by atoms with Crippen LogP contribution in [0.25, 0.3) is 11.0 Å². The molecule has 5 atom stereocenters. The zero-order valence-corrected chi connectivity index (χ0v) is 17.1. The van der Waals surface area contributed by atoms with Crippen molar-refractivity contribution in [1.29, 1.82) is 0 Å². The van der Waals surface area contributed by atoms with E-state index in [0.717, 1.165) is 36.2 Å². The van der Waals surface area contributed by atoms with Crippen LogP contribution in [-0.4, -0.2) is 69.5 Å². The van der Waals surface area contributed by atoms with E-state index < -0.39 is 11.5 Å². The van der Waals surface area contributed by atoms with E-state index in [9.17, 15) is 9.59 Å². The first-order valence-corrected chi connectivity index (χ1v) is 11.0. The second kappa shape index (κ2) is 6.41. The first-order chi connectivity index (χ1) is 14.6. The molecule has 156 valence electrons. The summed E-state index contributed by atoms with van der Waals surface area (Å²) in [5, 5.41) is 0. The maximum Gasteiger partial charge on any atom is 0.230 e. The molecule has 0 radical (unpaired) electrons. The fraction of sp³-hybridized carbons (Fsp3) is 0.522. The number of hydrogen-bond donors (Lipinski definition) is 1. The minimum absolute atomic E-state index is 0.0586. The Kier molecular flexibility index (Phi) is 3.87. The quantitative estimate of drug-likeness (QED) is 0.792. The van der Waals surface area contributed by atoms with Crippen LogP contribution in [0.5, 0.6) is 0 Å². The summed E-state index contributed by atoms with van der Waals surface area (Å²) in [4.78, 5) is 38.6. The fourth-order valence-electron chi connectivity index (χ4n) is 5.91. The SMILES string of the molecule is CCN1C[C@@]23C=C[C@@H](O2)[C@H](C(=O)N2CCC[C@H](c4nc5ccccc5[nH]4)C2)[C@@H]3C1=O. The Hall–Kier alpha value is -2.67. The maximum atomic E-state index is 13.6. The van der Waals surface area contributed by atoms with E-state index in [1.165, 1.54) is 0 Å². The van der Waals surface area contributed by atoms with E-state index in [-0.39, 0.29) is 29.8 Å². The average molecular weight is 406 g/mol. The number of likely N-dealkylation sites (tertiary alicyclic amines) is 2. The number of aromatic amines is 1. The lowest BCUT2D eigenvalue weighted by atomic mass is 9.76. The molecule has 1 N–H and O–H groups in total. The van der Waals surface area contributed by atoms with Crippen LogP contribution in [0.1, 0.15) is 31.5 Å². The number of para-hydroxylation sites is 2. The summed E-state index contributed by atoms with van der Waals surface area (Å²) in [6.45, 7) is 4.55. The molecule has 0 aliphatic carbocycles. The van der Waals surface area contributed by atoms with Crippen LogP contribution in [0.15, 0.2) is 36.4 Å². The molecule has 2 amide bonds. The second-order valence-electron chi connectivity index (χ2n) is 9.02. The summed E-state index contributed by atoms with van der Waals surface area (Å²) >= 11 is 0. The van der Waals surface area contributed by atoms with Gasteiger partial charge in [-0.15, -0.1) is 0 Å². The molecule has 5 heterocycles. The summed E-state index contributed by atoms with van der Waals surface area (Å²) < 4.78 is 6.22. The molecule has 30 heavy (non-hydrogen) atoms.